The average molecular weight is 389 g/mol. The van der Waals surface area contributed by atoms with Crippen molar-refractivity contribution in [1.29, 1.82) is 0 Å². The van der Waals surface area contributed by atoms with E-state index in [2.05, 4.69) is 40.9 Å². The molecule has 0 aliphatic heterocycles. The Hall–Kier alpha value is -1.84. The molecule has 0 aromatic heterocycles. The normalized spacial score (nSPS) is 31.5. The minimum atomic E-state index is -0.406. The fourth-order valence-corrected chi connectivity index (χ4v) is 5.04. The minimum Gasteiger partial charge on any atom is -0.487 e. The van der Waals surface area contributed by atoms with E-state index >= 15 is 0 Å². The van der Waals surface area contributed by atoms with Crippen molar-refractivity contribution in [3.8, 4) is 0 Å². The number of hydrogen-bond donors (Lipinski definition) is 0. The van der Waals surface area contributed by atoms with E-state index in [0.29, 0.717) is 24.0 Å². The van der Waals surface area contributed by atoms with E-state index in [1.807, 2.05) is 13.0 Å². The number of fused-ring (bicyclic) bond motifs is 1. The highest BCUT2D eigenvalue weighted by Crippen LogP contribution is 2.53. The Morgan fingerprint density at radius 2 is 1.93 bits per heavy atom. The summed E-state index contributed by atoms with van der Waals surface area (Å²) in [6.45, 7) is 20.2. The summed E-state index contributed by atoms with van der Waals surface area (Å²) in [6.07, 6.45) is 3.67. The van der Waals surface area contributed by atoms with Crippen molar-refractivity contribution in [2.24, 2.45) is 29.6 Å². The maximum absolute atomic E-state index is 12.9. The van der Waals surface area contributed by atoms with Crippen LogP contribution in [0.2, 0.25) is 0 Å². The monoisotopic (exact) mass is 388 g/mol. The molecule has 0 N–H and O–H groups in total. The van der Waals surface area contributed by atoms with Crippen LogP contribution in [0.4, 0.5) is 0 Å². The Morgan fingerprint density at radius 1 is 1.29 bits per heavy atom. The molecule has 2 fully saturated rings. The number of rotatable bonds is 7. The lowest BCUT2D eigenvalue weighted by Gasteiger charge is -2.44. The first-order chi connectivity index (χ1) is 13.1. The smallest absolute Gasteiger partial charge is 0.302 e. The summed E-state index contributed by atoms with van der Waals surface area (Å²) in [5, 5.41) is 0. The van der Waals surface area contributed by atoms with Gasteiger partial charge >= 0.3 is 5.97 Å². The summed E-state index contributed by atoms with van der Waals surface area (Å²) in [4.78, 5) is 24.3. The molecule has 2 unspecified atom stereocenters. The first-order valence-corrected chi connectivity index (χ1v) is 10.5. The van der Waals surface area contributed by atoms with Crippen LogP contribution in [-0.4, -0.2) is 24.0 Å². The van der Waals surface area contributed by atoms with Gasteiger partial charge in [-0.15, -0.1) is 0 Å². The van der Waals surface area contributed by atoms with Gasteiger partial charge in [-0.3, -0.25) is 9.59 Å². The van der Waals surface area contributed by atoms with Gasteiger partial charge in [0.15, 0.2) is 0 Å². The van der Waals surface area contributed by atoms with Crippen molar-refractivity contribution in [3.05, 3.63) is 36.1 Å². The van der Waals surface area contributed by atoms with Crippen molar-refractivity contribution in [3.63, 3.8) is 0 Å². The van der Waals surface area contributed by atoms with Gasteiger partial charge in [-0.2, -0.15) is 0 Å². The second-order valence-corrected chi connectivity index (χ2v) is 8.83. The second-order valence-electron chi connectivity index (χ2n) is 8.83. The second kappa shape index (κ2) is 9.11. The molecule has 2 saturated carbocycles. The molecule has 4 heteroatoms. The Bertz CT molecular complexity index is 672. The molecule has 4 nitrogen and oxygen atoms in total. The van der Waals surface area contributed by atoms with Crippen molar-refractivity contribution in [2.75, 3.05) is 0 Å². The standard InChI is InChI=1S/C24H36O4/c1-9-14(4)10-15(5)27-22-12-19(13(2)3)24-20(16(22)6)11-21(26)23(24)17(7)28-18(8)25/h10,13,17,19-20,22-24H,5-6,9,11-12H2,1-4,7-8H3/b14-10+/t17-,19+,20?,22-,23+,24?/m1/s1. The van der Waals surface area contributed by atoms with Gasteiger partial charge in [0.2, 0.25) is 0 Å². The number of carbonyl (C=O) groups is 2. The van der Waals surface area contributed by atoms with E-state index in [4.69, 9.17) is 9.47 Å². The number of allylic oxidation sites excluding steroid dienone is 2. The molecule has 0 spiro atoms. The lowest BCUT2D eigenvalue weighted by molar-refractivity contribution is -0.151. The SMILES string of the molecule is C=C(/C=C(\C)CC)O[C@@H]1C[C@@H](C(C)C)C2C(CC(=O)[C@@H]2[C@@H](C)OC(C)=O)C1=C. The van der Waals surface area contributed by atoms with Crippen LogP contribution in [0.25, 0.3) is 0 Å². The van der Waals surface area contributed by atoms with Gasteiger partial charge < -0.3 is 9.47 Å². The Labute approximate surface area is 170 Å². The highest BCUT2D eigenvalue weighted by Gasteiger charge is 2.54. The largest absolute Gasteiger partial charge is 0.487 e. The van der Waals surface area contributed by atoms with E-state index in [9.17, 15) is 9.59 Å². The third kappa shape index (κ3) is 4.76. The zero-order chi connectivity index (χ0) is 21.2. The van der Waals surface area contributed by atoms with Crippen LogP contribution in [0.1, 0.15) is 60.8 Å². The fourth-order valence-electron chi connectivity index (χ4n) is 5.04. The van der Waals surface area contributed by atoms with Crippen LogP contribution in [0.3, 0.4) is 0 Å². The summed E-state index contributed by atoms with van der Waals surface area (Å²) < 4.78 is 11.6. The van der Waals surface area contributed by atoms with Gasteiger partial charge in [0.05, 0.1) is 5.92 Å². The average Bonchev–Trinajstić information content (AvgIpc) is 2.93. The molecular weight excluding hydrogens is 352 g/mol. The molecule has 2 aliphatic carbocycles. The fraction of sp³-hybridized carbons (Fsp3) is 0.667. The first kappa shape index (κ1) is 22.4. The molecule has 0 radical (unpaired) electrons. The molecular formula is C24H36O4. The lowest BCUT2D eigenvalue weighted by atomic mass is 9.63. The van der Waals surface area contributed by atoms with Gasteiger partial charge in [0, 0.05) is 13.3 Å². The van der Waals surface area contributed by atoms with E-state index in [1.165, 1.54) is 12.5 Å². The number of hydrogen-bond acceptors (Lipinski definition) is 4. The first-order valence-electron chi connectivity index (χ1n) is 10.5. The van der Waals surface area contributed by atoms with Crippen LogP contribution in [0.15, 0.2) is 36.1 Å². The van der Waals surface area contributed by atoms with Crippen LogP contribution in [0.5, 0.6) is 0 Å². The van der Waals surface area contributed by atoms with Crippen molar-refractivity contribution in [2.45, 2.75) is 73.0 Å². The zero-order valence-corrected chi connectivity index (χ0v) is 18.3. The third-order valence-electron chi connectivity index (χ3n) is 6.52. The molecule has 2 aliphatic rings. The summed E-state index contributed by atoms with van der Waals surface area (Å²) >= 11 is 0. The van der Waals surface area contributed by atoms with E-state index in [-0.39, 0.29) is 35.6 Å². The van der Waals surface area contributed by atoms with Gasteiger partial charge in [-0.05, 0) is 62.0 Å². The maximum atomic E-state index is 12.9. The molecule has 0 aromatic rings. The predicted octanol–water partition coefficient (Wildman–Crippen LogP) is 5.25. The molecule has 2 rings (SSSR count). The Morgan fingerprint density at radius 3 is 2.46 bits per heavy atom. The number of esters is 1. The number of ether oxygens (including phenoxy) is 2. The van der Waals surface area contributed by atoms with Gasteiger partial charge in [0.1, 0.15) is 23.8 Å². The van der Waals surface area contributed by atoms with Gasteiger partial charge in [0.25, 0.3) is 0 Å². The van der Waals surface area contributed by atoms with Crippen molar-refractivity contribution >= 4 is 11.8 Å². The molecule has 0 bridgehead atoms. The van der Waals surface area contributed by atoms with E-state index < -0.39 is 6.10 Å². The topological polar surface area (TPSA) is 52.6 Å². The quantitative estimate of drug-likeness (QED) is 0.259. The summed E-state index contributed by atoms with van der Waals surface area (Å²) in [7, 11) is 0. The third-order valence-corrected chi connectivity index (χ3v) is 6.52. The van der Waals surface area contributed by atoms with Crippen LogP contribution in [-0.2, 0) is 19.1 Å². The molecule has 0 heterocycles. The molecule has 0 aromatic carbocycles. The van der Waals surface area contributed by atoms with Crippen molar-refractivity contribution in [1.82, 2.24) is 0 Å². The van der Waals surface area contributed by atoms with Crippen LogP contribution in [0, 0.1) is 29.6 Å². The summed E-state index contributed by atoms with van der Waals surface area (Å²) in [6, 6.07) is 0. The maximum Gasteiger partial charge on any atom is 0.302 e. The van der Waals surface area contributed by atoms with Crippen LogP contribution >= 0.6 is 0 Å². The molecule has 28 heavy (non-hydrogen) atoms. The lowest BCUT2D eigenvalue weighted by Crippen LogP contribution is -2.43. The number of carbonyl (C=O) groups excluding carboxylic acids is 2. The van der Waals surface area contributed by atoms with Gasteiger partial charge in [-0.25, -0.2) is 0 Å². The Balaban J connectivity index is 2.26. The van der Waals surface area contributed by atoms with E-state index in [0.717, 1.165) is 18.4 Å². The molecule has 156 valence electrons. The highest BCUT2D eigenvalue weighted by atomic mass is 16.5. The minimum absolute atomic E-state index is 0.0747. The van der Waals surface area contributed by atoms with E-state index in [1.54, 1.807) is 0 Å². The molecule has 6 atom stereocenters. The highest BCUT2D eigenvalue weighted by molar-refractivity contribution is 5.85. The van der Waals surface area contributed by atoms with Gasteiger partial charge in [-0.1, -0.05) is 39.5 Å². The van der Waals surface area contributed by atoms with Crippen molar-refractivity contribution < 1.29 is 19.1 Å². The Kier molecular flexibility index (Phi) is 7.30. The zero-order valence-electron chi connectivity index (χ0n) is 18.3. The molecule has 0 saturated heterocycles. The molecule has 0 amide bonds. The van der Waals surface area contributed by atoms with Crippen LogP contribution < -0.4 is 0 Å². The predicted molar refractivity (Wildman–Crippen MR) is 111 cm³/mol. The summed E-state index contributed by atoms with van der Waals surface area (Å²) in [5.74, 6) is 1.16. The summed E-state index contributed by atoms with van der Waals surface area (Å²) in [5.41, 5.74) is 2.20. The number of ketones is 1. The number of Topliss-reactive ketones (excluding diaryl/α,β-unsaturated/α-hetero) is 1.